The van der Waals surface area contributed by atoms with E-state index in [9.17, 15) is 16.8 Å². The SMILES string of the molecule is CCCN(CC(C)OS(C)(=O)=O)S(=O)(=O)c1sc2ccc(Cl)cc2c1C. The van der Waals surface area contributed by atoms with Gasteiger partial charge in [-0.2, -0.15) is 12.7 Å². The van der Waals surface area contributed by atoms with Gasteiger partial charge in [-0.1, -0.05) is 18.5 Å². The Bertz CT molecular complexity index is 998. The number of nitrogens with zero attached hydrogens (tertiary/aromatic N) is 1. The molecule has 1 aromatic heterocycles. The highest BCUT2D eigenvalue weighted by atomic mass is 35.5. The predicted molar refractivity (Wildman–Crippen MR) is 106 cm³/mol. The molecule has 146 valence electrons. The van der Waals surface area contributed by atoms with Crippen molar-refractivity contribution in [1.82, 2.24) is 4.31 Å². The van der Waals surface area contributed by atoms with Gasteiger partial charge in [0.15, 0.2) is 0 Å². The van der Waals surface area contributed by atoms with Crippen LogP contribution in [0, 0.1) is 6.92 Å². The van der Waals surface area contributed by atoms with Crippen LogP contribution in [0.5, 0.6) is 0 Å². The fourth-order valence-electron chi connectivity index (χ4n) is 2.71. The molecule has 0 saturated heterocycles. The average molecular weight is 440 g/mol. The van der Waals surface area contributed by atoms with Gasteiger partial charge in [0.05, 0.1) is 12.4 Å². The van der Waals surface area contributed by atoms with Crippen LogP contribution in [-0.4, -0.2) is 46.6 Å². The van der Waals surface area contributed by atoms with E-state index >= 15 is 0 Å². The summed E-state index contributed by atoms with van der Waals surface area (Å²) in [5.74, 6) is 0. The van der Waals surface area contributed by atoms with Gasteiger partial charge >= 0.3 is 0 Å². The predicted octanol–water partition coefficient (Wildman–Crippen LogP) is 3.63. The van der Waals surface area contributed by atoms with Crippen molar-refractivity contribution in [3.05, 3.63) is 28.8 Å². The number of benzene rings is 1. The van der Waals surface area contributed by atoms with Gasteiger partial charge < -0.3 is 0 Å². The third-order valence-electron chi connectivity index (χ3n) is 3.70. The highest BCUT2D eigenvalue weighted by molar-refractivity contribution is 7.91. The van der Waals surface area contributed by atoms with Gasteiger partial charge in [-0.3, -0.25) is 4.18 Å². The zero-order valence-corrected chi connectivity index (χ0v) is 18.2. The lowest BCUT2D eigenvalue weighted by molar-refractivity contribution is 0.195. The van der Waals surface area contributed by atoms with Crippen molar-refractivity contribution in [3.63, 3.8) is 0 Å². The first-order valence-corrected chi connectivity index (χ1v) is 12.5. The molecule has 1 atom stereocenters. The molecule has 1 unspecified atom stereocenters. The molecule has 0 amide bonds. The second kappa shape index (κ2) is 8.12. The summed E-state index contributed by atoms with van der Waals surface area (Å²) in [6, 6.07) is 5.28. The van der Waals surface area contributed by atoms with Crippen molar-refractivity contribution in [1.29, 1.82) is 0 Å². The molecule has 0 saturated carbocycles. The molecular weight excluding hydrogens is 418 g/mol. The van der Waals surface area contributed by atoms with Gasteiger partial charge in [-0.25, -0.2) is 8.42 Å². The van der Waals surface area contributed by atoms with E-state index in [4.69, 9.17) is 15.8 Å². The van der Waals surface area contributed by atoms with E-state index in [-0.39, 0.29) is 17.3 Å². The summed E-state index contributed by atoms with van der Waals surface area (Å²) in [4.78, 5) is 0. The molecule has 0 aliphatic rings. The third kappa shape index (κ3) is 4.96. The van der Waals surface area contributed by atoms with Crippen LogP contribution in [0.1, 0.15) is 25.8 Å². The molecule has 0 spiro atoms. The number of hydrogen-bond acceptors (Lipinski definition) is 6. The van der Waals surface area contributed by atoms with Crippen molar-refractivity contribution < 1.29 is 21.0 Å². The molecule has 2 aromatic rings. The Morgan fingerprint density at radius 2 is 1.92 bits per heavy atom. The van der Waals surface area contributed by atoms with E-state index in [0.717, 1.165) is 16.3 Å². The summed E-state index contributed by atoms with van der Waals surface area (Å²) in [7, 11) is -7.45. The first-order valence-electron chi connectivity index (χ1n) is 8.02. The van der Waals surface area contributed by atoms with Gasteiger partial charge in [0, 0.05) is 22.8 Å². The van der Waals surface area contributed by atoms with Crippen LogP contribution in [0.15, 0.2) is 22.4 Å². The van der Waals surface area contributed by atoms with E-state index in [1.165, 1.54) is 22.6 Å². The molecule has 0 fully saturated rings. The first kappa shape index (κ1) is 21.6. The van der Waals surface area contributed by atoms with Gasteiger partial charge in [-0.15, -0.1) is 11.3 Å². The van der Waals surface area contributed by atoms with Crippen LogP contribution >= 0.6 is 22.9 Å². The van der Waals surface area contributed by atoms with Crippen LogP contribution in [0.25, 0.3) is 10.1 Å². The fraction of sp³-hybridized carbons (Fsp3) is 0.500. The van der Waals surface area contributed by atoms with E-state index in [0.29, 0.717) is 17.0 Å². The van der Waals surface area contributed by atoms with E-state index in [1.807, 2.05) is 6.92 Å². The van der Waals surface area contributed by atoms with Crippen LogP contribution in [0.3, 0.4) is 0 Å². The first-order chi connectivity index (χ1) is 12.0. The Morgan fingerprint density at radius 3 is 2.50 bits per heavy atom. The summed E-state index contributed by atoms with van der Waals surface area (Å²) in [5.41, 5.74) is 0.644. The van der Waals surface area contributed by atoms with Gasteiger partial charge in [0.1, 0.15) is 4.21 Å². The summed E-state index contributed by atoms with van der Waals surface area (Å²) in [6.07, 6.45) is 0.762. The lowest BCUT2D eigenvalue weighted by atomic mass is 10.2. The zero-order chi connectivity index (χ0) is 19.7. The largest absolute Gasteiger partial charge is 0.266 e. The highest BCUT2D eigenvalue weighted by Gasteiger charge is 2.30. The molecule has 0 bridgehead atoms. The van der Waals surface area contributed by atoms with Crippen LogP contribution < -0.4 is 0 Å². The maximum atomic E-state index is 13.2. The number of rotatable bonds is 8. The minimum absolute atomic E-state index is 0.0440. The molecule has 0 N–H and O–H groups in total. The number of aryl methyl sites for hydroxylation is 1. The number of thiophene rings is 1. The van der Waals surface area contributed by atoms with Crippen molar-refractivity contribution in [3.8, 4) is 0 Å². The van der Waals surface area contributed by atoms with Gasteiger partial charge in [0.2, 0.25) is 0 Å². The minimum atomic E-state index is -3.79. The van der Waals surface area contributed by atoms with Crippen molar-refractivity contribution in [2.45, 2.75) is 37.5 Å². The van der Waals surface area contributed by atoms with Crippen LogP contribution in [0.4, 0.5) is 0 Å². The molecule has 1 aromatic carbocycles. The Labute approximate surface area is 163 Å². The summed E-state index contributed by atoms with van der Waals surface area (Å²) < 4.78 is 56.3. The van der Waals surface area contributed by atoms with Crippen molar-refractivity contribution in [2.24, 2.45) is 0 Å². The second-order valence-electron chi connectivity index (χ2n) is 6.13. The molecule has 0 aliphatic heterocycles. The fourth-order valence-corrected chi connectivity index (χ4v) is 7.03. The Kier molecular flexibility index (Phi) is 6.74. The summed E-state index contributed by atoms with van der Waals surface area (Å²) in [5, 5.41) is 1.35. The number of halogens is 1. The minimum Gasteiger partial charge on any atom is -0.266 e. The van der Waals surface area contributed by atoms with E-state index < -0.39 is 26.2 Å². The number of fused-ring (bicyclic) bond motifs is 1. The Hall–Kier alpha value is -0.710. The molecule has 0 radical (unpaired) electrons. The van der Waals surface area contributed by atoms with Gasteiger partial charge in [-0.05, 0) is 49.4 Å². The van der Waals surface area contributed by atoms with E-state index in [2.05, 4.69) is 0 Å². The lowest BCUT2D eigenvalue weighted by Crippen LogP contribution is -2.38. The normalized spacial score (nSPS) is 14.2. The maximum Gasteiger partial charge on any atom is 0.264 e. The quantitative estimate of drug-likeness (QED) is 0.586. The van der Waals surface area contributed by atoms with Crippen molar-refractivity contribution >= 4 is 53.2 Å². The molecular formula is C16H22ClNO5S3. The second-order valence-corrected chi connectivity index (χ2v) is 11.4. The zero-order valence-electron chi connectivity index (χ0n) is 15.0. The van der Waals surface area contributed by atoms with Crippen LogP contribution in [0.2, 0.25) is 5.02 Å². The topological polar surface area (TPSA) is 80.8 Å². The van der Waals surface area contributed by atoms with Crippen molar-refractivity contribution in [2.75, 3.05) is 19.3 Å². The van der Waals surface area contributed by atoms with Crippen LogP contribution in [-0.2, 0) is 24.3 Å². The molecule has 26 heavy (non-hydrogen) atoms. The molecule has 2 rings (SSSR count). The number of hydrogen-bond donors (Lipinski definition) is 0. The van der Waals surface area contributed by atoms with Gasteiger partial charge in [0.25, 0.3) is 20.1 Å². The average Bonchev–Trinajstić information content (AvgIpc) is 2.82. The summed E-state index contributed by atoms with van der Waals surface area (Å²) >= 11 is 7.21. The standard InChI is InChI=1S/C16H22ClNO5S3/c1-5-8-18(10-11(2)23-25(4,19)20)26(21,22)16-12(3)14-9-13(17)6-7-15(14)24-16/h6-7,9,11H,5,8,10H2,1-4H3. The molecule has 1 heterocycles. The Balaban J connectivity index is 2.42. The molecule has 6 nitrogen and oxygen atoms in total. The number of sulfonamides is 1. The monoisotopic (exact) mass is 439 g/mol. The Morgan fingerprint density at radius 1 is 1.27 bits per heavy atom. The molecule has 10 heteroatoms. The molecule has 0 aliphatic carbocycles. The lowest BCUT2D eigenvalue weighted by Gasteiger charge is -2.24. The third-order valence-corrected chi connectivity index (χ3v) is 8.35. The highest BCUT2D eigenvalue weighted by Crippen LogP contribution is 2.37. The maximum absolute atomic E-state index is 13.2. The summed E-state index contributed by atoms with van der Waals surface area (Å²) in [6.45, 7) is 5.38. The van der Waals surface area contributed by atoms with E-state index in [1.54, 1.807) is 25.1 Å². The smallest absolute Gasteiger partial charge is 0.264 e.